The number of H-pyrrole nitrogens is 1. The molecule has 0 atom stereocenters. The molecule has 0 unspecified atom stereocenters. The number of amides is 1. The van der Waals surface area contributed by atoms with E-state index < -0.39 is 0 Å². The number of anilines is 1. The van der Waals surface area contributed by atoms with Crippen molar-refractivity contribution in [1.82, 2.24) is 9.88 Å². The number of benzene rings is 4. The van der Waals surface area contributed by atoms with Crippen molar-refractivity contribution in [3.63, 3.8) is 0 Å². The van der Waals surface area contributed by atoms with Crippen molar-refractivity contribution in [2.45, 2.75) is 19.9 Å². The van der Waals surface area contributed by atoms with Crippen molar-refractivity contribution in [2.75, 3.05) is 39.7 Å². The highest BCUT2D eigenvalue weighted by atomic mass is 16.5. The van der Waals surface area contributed by atoms with Gasteiger partial charge in [0, 0.05) is 29.5 Å². The van der Waals surface area contributed by atoms with Gasteiger partial charge in [-0.05, 0) is 86.1 Å². The summed E-state index contributed by atoms with van der Waals surface area (Å²) in [6, 6.07) is 24.0. The molecule has 4 aromatic carbocycles. The van der Waals surface area contributed by atoms with E-state index >= 15 is 0 Å². The molecular formula is C34H35N3O5. The van der Waals surface area contributed by atoms with Crippen LogP contribution in [0.2, 0.25) is 0 Å². The Kier molecular flexibility index (Phi) is 8.74. The summed E-state index contributed by atoms with van der Waals surface area (Å²) in [4.78, 5) is 31.9. The normalized spacial score (nSPS) is 11.2. The van der Waals surface area contributed by atoms with Gasteiger partial charge in [0.2, 0.25) is 0 Å². The minimum atomic E-state index is -0.296. The topological polar surface area (TPSA) is 92.9 Å². The Labute approximate surface area is 244 Å². The lowest BCUT2D eigenvalue weighted by molar-refractivity contribution is 0.102. The first-order valence-corrected chi connectivity index (χ1v) is 13.9. The monoisotopic (exact) mass is 565 g/mol. The maximum Gasteiger partial charge on any atom is 0.257 e. The van der Waals surface area contributed by atoms with Crippen LogP contribution in [-0.4, -0.2) is 50.2 Å². The van der Waals surface area contributed by atoms with E-state index in [9.17, 15) is 9.59 Å². The second kappa shape index (κ2) is 12.8. The molecule has 5 aromatic rings. The fraction of sp³-hybridized carbons (Fsp3) is 0.235. The molecule has 2 N–H and O–H groups in total. The molecule has 8 nitrogen and oxygen atoms in total. The Morgan fingerprint density at radius 2 is 1.60 bits per heavy atom. The van der Waals surface area contributed by atoms with E-state index in [1.54, 1.807) is 38.5 Å². The Morgan fingerprint density at radius 1 is 0.881 bits per heavy atom. The van der Waals surface area contributed by atoms with Crippen molar-refractivity contribution >= 4 is 33.4 Å². The average molecular weight is 566 g/mol. The van der Waals surface area contributed by atoms with E-state index in [1.807, 2.05) is 61.5 Å². The number of aryl methyl sites for hydroxylation is 1. The zero-order valence-corrected chi connectivity index (χ0v) is 24.3. The van der Waals surface area contributed by atoms with E-state index in [1.165, 1.54) is 0 Å². The zero-order chi connectivity index (χ0) is 29.6. The van der Waals surface area contributed by atoms with Gasteiger partial charge in [-0.2, -0.15) is 0 Å². The van der Waals surface area contributed by atoms with E-state index in [2.05, 4.69) is 22.2 Å². The first-order valence-electron chi connectivity index (χ1n) is 13.9. The molecule has 0 aliphatic carbocycles. The maximum atomic E-state index is 13.2. The highest BCUT2D eigenvalue weighted by Crippen LogP contribution is 2.28. The number of nitrogens with zero attached hydrogens (tertiary/aromatic N) is 1. The highest BCUT2D eigenvalue weighted by molar-refractivity contribution is 6.13. The Morgan fingerprint density at radius 3 is 2.33 bits per heavy atom. The van der Waals surface area contributed by atoms with Gasteiger partial charge in [0.15, 0.2) is 16.9 Å². The number of fused-ring (bicyclic) bond motifs is 2. The predicted octanol–water partition coefficient (Wildman–Crippen LogP) is 6.16. The summed E-state index contributed by atoms with van der Waals surface area (Å²) in [6.45, 7) is 4.16. The molecule has 42 heavy (non-hydrogen) atoms. The van der Waals surface area contributed by atoms with Crippen LogP contribution in [-0.2, 0) is 6.54 Å². The second-order valence-corrected chi connectivity index (χ2v) is 10.3. The lowest BCUT2D eigenvalue weighted by atomic mass is 10.0. The van der Waals surface area contributed by atoms with E-state index in [0.717, 1.165) is 53.4 Å². The number of hydrogen-bond donors (Lipinski definition) is 2. The van der Waals surface area contributed by atoms with Crippen molar-refractivity contribution in [1.29, 1.82) is 0 Å². The number of aromatic amines is 1. The summed E-state index contributed by atoms with van der Waals surface area (Å²) in [5.41, 5.74) is 4.31. The quantitative estimate of drug-likeness (QED) is 0.147. The fourth-order valence-corrected chi connectivity index (χ4v) is 5.09. The lowest BCUT2D eigenvalue weighted by Crippen LogP contribution is -2.20. The van der Waals surface area contributed by atoms with Crippen LogP contribution < -0.4 is 25.0 Å². The smallest absolute Gasteiger partial charge is 0.257 e. The van der Waals surface area contributed by atoms with Crippen LogP contribution in [0.15, 0.2) is 83.7 Å². The minimum Gasteiger partial charge on any atom is -0.494 e. The van der Waals surface area contributed by atoms with E-state index in [0.29, 0.717) is 34.1 Å². The third-order valence-electron chi connectivity index (χ3n) is 7.29. The van der Waals surface area contributed by atoms with Crippen molar-refractivity contribution in [3.05, 3.63) is 106 Å². The molecule has 5 rings (SSSR count). The molecule has 0 aliphatic rings. The van der Waals surface area contributed by atoms with Gasteiger partial charge >= 0.3 is 0 Å². The SMILES string of the molecule is COc1ccc(CN(C)CCCOc2ccc(NC(=O)c3cccc4c(=O)c5cccc(C)c5[nH]c34)cc2)cc1OC. The van der Waals surface area contributed by atoms with Crippen LogP contribution in [0, 0.1) is 6.92 Å². The summed E-state index contributed by atoms with van der Waals surface area (Å²) in [5.74, 6) is 1.88. The van der Waals surface area contributed by atoms with Crippen LogP contribution in [0.3, 0.4) is 0 Å². The first kappa shape index (κ1) is 28.7. The van der Waals surface area contributed by atoms with Gasteiger partial charge in [0.1, 0.15) is 5.75 Å². The van der Waals surface area contributed by atoms with Crippen LogP contribution in [0.1, 0.15) is 27.9 Å². The molecule has 1 amide bonds. The number of hydrogen-bond acceptors (Lipinski definition) is 6. The van der Waals surface area contributed by atoms with Crippen LogP contribution in [0.5, 0.6) is 17.2 Å². The molecule has 0 radical (unpaired) electrons. The van der Waals surface area contributed by atoms with E-state index in [-0.39, 0.29) is 11.3 Å². The molecular weight excluding hydrogens is 530 g/mol. The summed E-state index contributed by atoms with van der Waals surface area (Å²) >= 11 is 0. The number of aromatic nitrogens is 1. The number of carbonyl (C=O) groups excluding carboxylic acids is 1. The summed E-state index contributed by atoms with van der Waals surface area (Å²) in [5, 5.41) is 4.04. The summed E-state index contributed by atoms with van der Waals surface area (Å²) in [7, 11) is 5.34. The predicted molar refractivity (Wildman–Crippen MR) is 167 cm³/mol. The minimum absolute atomic E-state index is 0.0919. The highest BCUT2D eigenvalue weighted by Gasteiger charge is 2.15. The molecule has 0 bridgehead atoms. The van der Waals surface area contributed by atoms with Gasteiger partial charge in [-0.15, -0.1) is 0 Å². The van der Waals surface area contributed by atoms with E-state index in [4.69, 9.17) is 14.2 Å². The molecule has 216 valence electrons. The van der Waals surface area contributed by atoms with Crippen LogP contribution >= 0.6 is 0 Å². The third-order valence-corrected chi connectivity index (χ3v) is 7.29. The molecule has 0 fully saturated rings. The second-order valence-electron chi connectivity index (χ2n) is 10.3. The summed E-state index contributed by atoms with van der Waals surface area (Å²) in [6.07, 6.45) is 0.857. The number of carbonyl (C=O) groups is 1. The molecule has 0 saturated carbocycles. The van der Waals surface area contributed by atoms with Gasteiger partial charge < -0.3 is 29.4 Å². The van der Waals surface area contributed by atoms with Crippen molar-refractivity contribution < 1.29 is 19.0 Å². The average Bonchev–Trinajstić information content (AvgIpc) is 3.00. The van der Waals surface area contributed by atoms with Gasteiger partial charge in [-0.1, -0.05) is 24.3 Å². The standard InChI is InChI=1S/C34H35N3O5/c1-22-8-5-9-26-31(22)36-32-27(33(26)38)10-6-11-28(32)34(39)35-24-13-15-25(16-14-24)42-19-7-18-37(2)21-23-12-17-29(40-3)30(20-23)41-4/h5-6,8-17,20H,7,18-19,21H2,1-4H3,(H,35,39)(H,36,38). The van der Waals surface area contributed by atoms with Crippen LogP contribution in [0.25, 0.3) is 21.8 Å². The van der Waals surface area contributed by atoms with Crippen molar-refractivity contribution in [2.24, 2.45) is 0 Å². The Bertz CT molecular complexity index is 1780. The van der Waals surface area contributed by atoms with Gasteiger partial charge in [-0.25, -0.2) is 0 Å². The number of nitrogens with one attached hydrogen (secondary N) is 2. The Hall–Kier alpha value is -4.82. The fourth-order valence-electron chi connectivity index (χ4n) is 5.09. The van der Waals surface area contributed by atoms with Gasteiger partial charge in [0.05, 0.1) is 37.4 Å². The number of methoxy groups -OCH3 is 2. The zero-order valence-electron chi connectivity index (χ0n) is 24.3. The van der Waals surface area contributed by atoms with Crippen LogP contribution in [0.4, 0.5) is 5.69 Å². The maximum absolute atomic E-state index is 13.2. The number of pyridine rings is 1. The van der Waals surface area contributed by atoms with Gasteiger partial charge in [-0.3, -0.25) is 9.59 Å². The molecule has 0 saturated heterocycles. The lowest BCUT2D eigenvalue weighted by Gasteiger charge is -2.18. The molecule has 0 aliphatic heterocycles. The van der Waals surface area contributed by atoms with Gasteiger partial charge in [0.25, 0.3) is 5.91 Å². The molecule has 0 spiro atoms. The Balaban J connectivity index is 1.16. The number of rotatable bonds is 11. The molecule has 1 aromatic heterocycles. The third kappa shape index (κ3) is 6.24. The summed E-state index contributed by atoms with van der Waals surface area (Å²) < 4.78 is 16.6. The van der Waals surface area contributed by atoms with Crippen molar-refractivity contribution in [3.8, 4) is 17.2 Å². The molecule has 8 heteroatoms. The first-order chi connectivity index (χ1) is 20.4. The number of ether oxygens (including phenoxy) is 3. The molecule has 1 heterocycles. The largest absolute Gasteiger partial charge is 0.494 e. The number of para-hydroxylation sites is 2.